The normalized spacial score (nSPS) is 22.2. The van der Waals surface area contributed by atoms with Gasteiger partial charge in [-0.25, -0.2) is 13.2 Å². The fraction of sp³-hybridized carbons (Fsp3) is 0.650. The van der Waals surface area contributed by atoms with Gasteiger partial charge in [0.2, 0.25) is 5.91 Å². The number of amides is 1. The topological polar surface area (TPSA) is 58.4 Å². The molecule has 4 nitrogen and oxygen atoms in total. The molecule has 168 valence electrons. The summed E-state index contributed by atoms with van der Waals surface area (Å²) in [6.07, 6.45) is -2.82. The molecule has 1 saturated carbocycles. The van der Waals surface area contributed by atoms with Crippen molar-refractivity contribution in [3.8, 4) is 0 Å². The number of alkyl halides is 3. The van der Waals surface area contributed by atoms with Gasteiger partial charge >= 0.3 is 6.18 Å². The van der Waals surface area contributed by atoms with Crippen molar-refractivity contribution in [2.45, 2.75) is 56.8 Å². The molecular weight excluding hydrogens is 412 g/mol. The zero-order valence-corrected chi connectivity index (χ0v) is 16.4. The van der Waals surface area contributed by atoms with E-state index < -0.39 is 41.0 Å². The van der Waals surface area contributed by atoms with E-state index in [1.165, 1.54) is 0 Å². The predicted octanol–water partition coefficient (Wildman–Crippen LogP) is 3.29. The van der Waals surface area contributed by atoms with Gasteiger partial charge in [0.15, 0.2) is 11.6 Å². The Morgan fingerprint density at radius 2 is 1.87 bits per heavy atom. The maximum Gasteiger partial charge on any atom is 0.403 e. The molecule has 10 heteroatoms. The summed E-state index contributed by atoms with van der Waals surface area (Å²) in [6.45, 7) is 1.36. The SMILES string of the molecule is N[C@@H](CCN1CCCC1CNC(=O)C1(C(F)(F)F)CC1)Cc1cc(F)c(F)cc1F. The maximum atomic E-state index is 13.8. The Morgan fingerprint density at radius 1 is 1.20 bits per heavy atom. The number of hydrogen-bond donors (Lipinski definition) is 2. The van der Waals surface area contributed by atoms with E-state index in [9.17, 15) is 31.1 Å². The van der Waals surface area contributed by atoms with Crippen LogP contribution in [-0.4, -0.2) is 48.7 Å². The van der Waals surface area contributed by atoms with Crippen molar-refractivity contribution in [1.82, 2.24) is 10.2 Å². The number of hydrogen-bond acceptors (Lipinski definition) is 3. The molecule has 1 aliphatic heterocycles. The summed E-state index contributed by atoms with van der Waals surface area (Å²) in [5, 5.41) is 2.45. The number of carbonyl (C=O) groups is 1. The quantitative estimate of drug-likeness (QED) is 0.485. The van der Waals surface area contributed by atoms with Gasteiger partial charge in [0.05, 0.1) is 0 Å². The highest BCUT2D eigenvalue weighted by Crippen LogP contribution is 2.57. The monoisotopic (exact) mass is 437 g/mol. The molecule has 1 heterocycles. The van der Waals surface area contributed by atoms with Crippen LogP contribution < -0.4 is 11.1 Å². The summed E-state index contributed by atoms with van der Waals surface area (Å²) in [5.74, 6) is -4.22. The molecule has 2 fully saturated rings. The van der Waals surface area contributed by atoms with Crippen molar-refractivity contribution in [3.63, 3.8) is 0 Å². The molecule has 1 aromatic rings. The van der Waals surface area contributed by atoms with Gasteiger partial charge in [-0.15, -0.1) is 0 Å². The molecule has 1 unspecified atom stereocenters. The van der Waals surface area contributed by atoms with Crippen LogP contribution in [0.3, 0.4) is 0 Å². The fourth-order valence-electron chi connectivity index (χ4n) is 4.00. The number of nitrogens with one attached hydrogen (secondary N) is 1. The first-order chi connectivity index (χ1) is 14.0. The van der Waals surface area contributed by atoms with E-state index in [0.29, 0.717) is 19.0 Å². The minimum Gasteiger partial charge on any atom is -0.354 e. The van der Waals surface area contributed by atoms with Gasteiger partial charge in [0, 0.05) is 24.7 Å². The van der Waals surface area contributed by atoms with Crippen LogP contribution in [0.25, 0.3) is 0 Å². The smallest absolute Gasteiger partial charge is 0.354 e. The Bertz CT molecular complexity index is 781. The summed E-state index contributed by atoms with van der Waals surface area (Å²) in [7, 11) is 0. The summed E-state index contributed by atoms with van der Waals surface area (Å²) >= 11 is 0. The number of nitrogens with zero attached hydrogens (tertiary/aromatic N) is 1. The number of carbonyl (C=O) groups excluding carboxylic acids is 1. The van der Waals surface area contributed by atoms with E-state index >= 15 is 0 Å². The molecule has 3 N–H and O–H groups in total. The molecule has 30 heavy (non-hydrogen) atoms. The third-order valence-electron chi connectivity index (χ3n) is 6.08. The lowest BCUT2D eigenvalue weighted by molar-refractivity contribution is -0.192. The van der Waals surface area contributed by atoms with E-state index in [4.69, 9.17) is 5.73 Å². The Kier molecular flexibility index (Phi) is 6.66. The van der Waals surface area contributed by atoms with Crippen molar-refractivity contribution in [2.24, 2.45) is 11.1 Å². The van der Waals surface area contributed by atoms with Gasteiger partial charge in [-0.05, 0) is 63.2 Å². The summed E-state index contributed by atoms with van der Waals surface area (Å²) in [5.41, 5.74) is 3.78. The molecule has 0 aromatic heterocycles. The molecule has 0 bridgehead atoms. The molecule has 2 aliphatic rings. The van der Waals surface area contributed by atoms with Gasteiger partial charge in [-0.1, -0.05) is 0 Å². The lowest BCUT2D eigenvalue weighted by atomic mass is 10.0. The second kappa shape index (κ2) is 8.74. The zero-order valence-electron chi connectivity index (χ0n) is 16.4. The van der Waals surface area contributed by atoms with Gasteiger partial charge in [0.1, 0.15) is 11.2 Å². The number of benzene rings is 1. The summed E-state index contributed by atoms with van der Waals surface area (Å²) in [4.78, 5) is 14.1. The average molecular weight is 437 g/mol. The number of rotatable bonds is 8. The standard InChI is InChI=1S/C20H25F6N3O/c21-15-10-17(23)16(22)9-12(15)8-13(27)3-7-29-6-1-2-14(29)11-28-18(30)19(4-5-19)20(24,25)26/h9-10,13-14H,1-8,11,27H2,(H,28,30)/t13-,14?/m0/s1. The zero-order chi connectivity index (χ0) is 22.1. The van der Waals surface area contributed by atoms with Crippen molar-refractivity contribution in [2.75, 3.05) is 19.6 Å². The van der Waals surface area contributed by atoms with E-state index in [1.807, 2.05) is 4.90 Å². The molecular formula is C20H25F6N3O. The number of nitrogens with two attached hydrogens (primary N) is 1. The molecule has 1 aliphatic carbocycles. The van der Waals surface area contributed by atoms with Crippen molar-refractivity contribution >= 4 is 5.91 Å². The van der Waals surface area contributed by atoms with Crippen LogP contribution in [0.1, 0.15) is 37.7 Å². The number of likely N-dealkylation sites (tertiary alicyclic amines) is 1. The molecule has 0 spiro atoms. The summed E-state index contributed by atoms with van der Waals surface area (Å²) in [6, 6.07) is 0.697. The first-order valence-corrected chi connectivity index (χ1v) is 10.0. The average Bonchev–Trinajstić information content (AvgIpc) is 3.37. The maximum absolute atomic E-state index is 13.8. The van der Waals surface area contributed by atoms with Crippen molar-refractivity contribution in [3.05, 3.63) is 35.1 Å². The third kappa shape index (κ3) is 4.91. The number of halogens is 6. The highest BCUT2D eigenvalue weighted by atomic mass is 19.4. The van der Waals surface area contributed by atoms with E-state index in [-0.39, 0.29) is 37.4 Å². The van der Waals surface area contributed by atoms with E-state index in [2.05, 4.69) is 5.32 Å². The van der Waals surface area contributed by atoms with Crippen molar-refractivity contribution < 1.29 is 31.1 Å². The largest absolute Gasteiger partial charge is 0.403 e. The molecule has 1 saturated heterocycles. The Hall–Kier alpha value is -1.81. The van der Waals surface area contributed by atoms with Gasteiger partial charge in [0.25, 0.3) is 0 Å². The molecule has 1 amide bonds. The van der Waals surface area contributed by atoms with E-state index in [1.54, 1.807) is 0 Å². The van der Waals surface area contributed by atoms with Crippen LogP contribution in [0.15, 0.2) is 12.1 Å². The van der Waals surface area contributed by atoms with Gasteiger partial charge in [-0.3, -0.25) is 9.69 Å². The fourth-order valence-corrected chi connectivity index (χ4v) is 4.00. The predicted molar refractivity (Wildman–Crippen MR) is 97.9 cm³/mol. The van der Waals surface area contributed by atoms with Crippen LogP contribution >= 0.6 is 0 Å². The Morgan fingerprint density at radius 3 is 2.50 bits per heavy atom. The molecule has 3 rings (SSSR count). The van der Waals surface area contributed by atoms with Crippen LogP contribution in [0.5, 0.6) is 0 Å². The second-order valence-corrected chi connectivity index (χ2v) is 8.23. The van der Waals surface area contributed by atoms with Gasteiger partial charge < -0.3 is 11.1 Å². The Balaban J connectivity index is 1.47. The van der Waals surface area contributed by atoms with Crippen molar-refractivity contribution in [1.29, 1.82) is 0 Å². The third-order valence-corrected chi connectivity index (χ3v) is 6.08. The first-order valence-electron chi connectivity index (χ1n) is 10.0. The van der Waals surface area contributed by atoms with Crippen LogP contribution in [0.4, 0.5) is 26.3 Å². The molecule has 0 radical (unpaired) electrons. The molecule has 1 aromatic carbocycles. The molecule has 2 atom stereocenters. The first kappa shape index (κ1) is 22.9. The minimum absolute atomic E-state index is 0.00600. The lowest BCUT2D eigenvalue weighted by Gasteiger charge is -2.27. The van der Waals surface area contributed by atoms with Gasteiger partial charge in [-0.2, -0.15) is 13.2 Å². The summed E-state index contributed by atoms with van der Waals surface area (Å²) < 4.78 is 79.2. The van der Waals surface area contributed by atoms with Crippen LogP contribution in [0.2, 0.25) is 0 Å². The lowest BCUT2D eigenvalue weighted by Crippen LogP contribution is -2.47. The van der Waals surface area contributed by atoms with E-state index in [0.717, 1.165) is 25.5 Å². The second-order valence-electron chi connectivity index (χ2n) is 8.23. The Labute approximate surface area is 170 Å². The highest BCUT2D eigenvalue weighted by Gasteiger charge is 2.68. The minimum atomic E-state index is -4.53. The van der Waals surface area contributed by atoms with Crippen LogP contribution in [0, 0.1) is 22.9 Å². The highest BCUT2D eigenvalue weighted by molar-refractivity contribution is 5.86. The van der Waals surface area contributed by atoms with Crippen LogP contribution in [-0.2, 0) is 11.2 Å².